The van der Waals surface area contributed by atoms with Crippen molar-refractivity contribution in [2.24, 2.45) is 0 Å². The topological polar surface area (TPSA) is 58.4 Å². The van der Waals surface area contributed by atoms with Gasteiger partial charge in [-0.1, -0.05) is 42.5 Å². The van der Waals surface area contributed by atoms with E-state index >= 15 is 0 Å². The maximum Gasteiger partial charge on any atom is 0.416 e. The highest BCUT2D eigenvalue weighted by molar-refractivity contribution is 5.76. The number of hydrogen-bond acceptors (Lipinski definition) is 4. The number of amides is 1. The molecule has 178 valence electrons. The average molecular weight is 470 g/mol. The normalized spacial score (nSPS) is 14.9. The van der Waals surface area contributed by atoms with E-state index in [1.165, 1.54) is 34.7 Å². The fourth-order valence-electron chi connectivity index (χ4n) is 3.93. The average Bonchev–Trinajstić information content (AvgIpc) is 2.84. The molecule has 1 amide bonds. The lowest BCUT2D eigenvalue weighted by Crippen LogP contribution is -2.50. The van der Waals surface area contributed by atoms with Crippen molar-refractivity contribution in [1.82, 2.24) is 19.4 Å². The van der Waals surface area contributed by atoms with Crippen LogP contribution in [-0.2, 0) is 23.9 Å². The zero-order valence-electron chi connectivity index (χ0n) is 18.5. The van der Waals surface area contributed by atoms with Gasteiger partial charge in [-0.2, -0.15) is 13.2 Å². The van der Waals surface area contributed by atoms with E-state index in [9.17, 15) is 22.8 Å². The standard InChI is InChI=1S/C25H25F3N4O2/c26-25(27,28)21-8-6-20(7-9-21)22-16-23(33)32(18-29-22)17-24(34)31-14-12-30(13-15-31)11-10-19-4-2-1-3-5-19/h1-9,16,18H,10-15,17H2. The minimum Gasteiger partial charge on any atom is -0.339 e. The smallest absolute Gasteiger partial charge is 0.339 e. The number of hydrogen-bond donors (Lipinski definition) is 0. The van der Waals surface area contributed by atoms with Gasteiger partial charge in [0.2, 0.25) is 5.91 Å². The second-order valence-corrected chi connectivity index (χ2v) is 8.27. The van der Waals surface area contributed by atoms with E-state index in [2.05, 4.69) is 22.0 Å². The lowest BCUT2D eigenvalue weighted by Gasteiger charge is -2.34. The molecular weight excluding hydrogens is 445 g/mol. The molecule has 3 aromatic rings. The molecule has 0 radical (unpaired) electrons. The van der Waals surface area contributed by atoms with Crippen molar-refractivity contribution in [1.29, 1.82) is 0 Å². The molecule has 0 aliphatic carbocycles. The number of rotatable bonds is 6. The molecule has 0 saturated carbocycles. The zero-order valence-corrected chi connectivity index (χ0v) is 18.5. The number of benzene rings is 2. The highest BCUT2D eigenvalue weighted by Crippen LogP contribution is 2.30. The summed E-state index contributed by atoms with van der Waals surface area (Å²) in [5.41, 5.74) is 0.743. The summed E-state index contributed by atoms with van der Waals surface area (Å²) < 4.78 is 39.4. The fraction of sp³-hybridized carbons (Fsp3) is 0.320. The maximum absolute atomic E-state index is 12.7. The SMILES string of the molecule is O=C(Cn1cnc(-c2ccc(C(F)(F)F)cc2)cc1=O)N1CCN(CCc2ccccc2)CC1. The molecule has 6 nitrogen and oxygen atoms in total. The first kappa shape index (κ1) is 23.7. The molecule has 2 heterocycles. The van der Waals surface area contributed by atoms with Gasteiger partial charge in [0.1, 0.15) is 6.54 Å². The summed E-state index contributed by atoms with van der Waals surface area (Å²) >= 11 is 0. The molecule has 34 heavy (non-hydrogen) atoms. The van der Waals surface area contributed by atoms with Gasteiger partial charge in [-0.25, -0.2) is 4.98 Å². The van der Waals surface area contributed by atoms with Gasteiger partial charge in [0.05, 0.1) is 17.6 Å². The van der Waals surface area contributed by atoms with Crippen molar-refractivity contribution >= 4 is 5.91 Å². The Kier molecular flexibility index (Phi) is 7.12. The molecule has 1 fully saturated rings. The van der Waals surface area contributed by atoms with E-state index in [1.54, 1.807) is 4.90 Å². The van der Waals surface area contributed by atoms with Gasteiger partial charge in [0.25, 0.3) is 5.56 Å². The van der Waals surface area contributed by atoms with Crippen molar-refractivity contribution in [3.8, 4) is 11.3 Å². The number of carbonyl (C=O) groups excluding carboxylic acids is 1. The van der Waals surface area contributed by atoms with E-state index in [-0.39, 0.29) is 18.1 Å². The Labute approximate surface area is 195 Å². The molecule has 2 aromatic carbocycles. The molecule has 9 heteroatoms. The van der Waals surface area contributed by atoms with Gasteiger partial charge in [-0.3, -0.25) is 19.1 Å². The zero-order chi connectivity index (χ0) is 24.1. The van der Waals surface area contributed by atoms with Crippen molar-refractivity contribution < 1.29 is 18.0 Å². The number of piperazine rings is 1. The summed E-state index contributed by atoms with van der Waals surface area (Å²) in [7, 11) is 0. The number of nitrogens with zero attached hydrogens (tertiary/aromatic N) is 4. The largest absolute Gasteiger partial charge is 0.416 e. The first-order valence-electron chi connectivity index (χ1n) is 11.1. The van der Waals surface area contributed by atoms with Crippen LogP contribution in [0.4, 0.5) is 13.2 Å². The predicted octanol–water partition coefficient (Wildman–Crippen LogP) is 3.32. The molecule has 1 aliphatic rings. The maximum atomic E-state index is 12.7. The summed E-state index contributed by atoms with van der Waals surface area (Å²) in [6.45, 7) is 3.56. The number of carbonyl (C=O) groups is 1. The third kappa shape index (κ3) is 5.91. The van der Waals surface area contributed by atoms with Crippen LogP contribution in [0.15, 0.2) is 71.8 Å². The van der Waals surface area contributed by atoms with Crippen LogP contribution in [0, 0.1) is 0 Å². The van der Waals surface area contributed by atoms with Crippen LogP contribution in [0.5, 0.6) is 0 Å². The second kappa shape index (κ2) is 10.2. The van der Waals surface area contributed by atoms with Crippen LogP contribution in [0.2, 0.25) is 0 Å². The van der Waals surface area contributed by atoms with Crippen LogP contribution in [0.3, 0.4) is 0 Å². The van der Waals surface area contributed by atoms with Gasteiger partial charge >= 0.3 is 6.18 Å². The third-order valence-corrected chi connectivity index (χ3v) is 5.98. The minimum absolute atomic E-state index is 0.122. The summed E-state index contributed by atoms with van der Waals surface area (Å²) in [5, 5.41) is 0. The molecule has 0 bridgehead atoms. The highest BCUT2D eigenvalue weighted by Gasteiger charge is 2.30. The van der Waals surface area contributed by atoms with Crippen molar-refractivity contribution in [2.45, 2.75) is 19.1 Å². The third-order valence-electron chi connectivity index (χ3n) is 5.98. The van der Waals surface area contributed by atoms with E-state index in [1.807, 2.05) is 18.2 Å². The Balaban J connectivity index is 1.31. The quantitative estimate of drug-likeness (QED) is 0.555. The van der Waals surface area contributed by atoms with Gasteiger partial charge < -0.3 is 4.90 Å². The first-order valence-corrected chi connectivity index (χ1v) is 11.1. The molecule has 0 unspecified atom stereocenters. The number of aromatic nitrogens is 2. The Hall–Kier alpha value is -3.46. The summed E-state index contributed by atoms with van der Waals surface area (Å²) in [6, 6.07) is 15.9. The predicted molar refractivity (Wildman–Crippen MR) is 122 cm³/mol. The highest BCUT2D eigenvalue weighted by atomic mass is 19.4. The molecule has 0 N–H and O–H groups in total. The molecule has 1 aliphatic heterocycles. The Morgan fingerprint density at radius 1 is 0.941 bits per heavy atom. The monoisotopic (exact) mass is 470 g/mol. The summed E-state index contributed by atoms with van der Waals surface area (Å²) in [6.07, 6.45) is -2.20. The van der Waals surface area contributed by atoms with Crippen LogP contribution < -0.4 is 5.56 Å². The molecule has 4 rings (SSSR count). The molecular formula is C25H25F3N4O2. The van der Waals surface area contributed by atoms with Crippen molar-refractivity contribution in [2.75, 3.05) is 32.7 Å². The van der Waals surface area contributed by atoms with Gasteiger partial charge in [0, 0.05) is 44.4 Å². The lowest BCUT2D eigenvalue weighted by molar-refractivity contribution is -0.137. The van der Waals surface area contributed by atoms with Crippen LogP contribution in [0.25, 0.3) is 11.3 Å². The van der Waals surface area contributed by atoms with Crippen molar-refractivity contribution in [3.05, 3.63) is 88.5 Å². The number of alkyl halides is 3. The molecule has 1 aromatic heterocycles. The Morgan fingerprint density at radius 2 is 1.62 bits per heavy atom. The lowest BCUT2D eigenvalue weighted by atomic mass is 10.1. The van der Waals surface area contributed by atoms with E-state index in [0.717, 1.165) is 38.2 Å². The molecule has 0 spiro atoms. The van der Waals surface area contributed by atoms with Gasteiger partial charge in [0.15, 0.2) is 0 Å². The second-order valence-electron chi connectivity index (χ2n) is 8.27. The van der Waals surface area contributed by atoms with Crippen LogP contribution in [-0.4, -0.2) is 58.0 Å². The van der Waals surface area contributed by atoms with Crippen molar-refractivity contribution in [3.63, 3.8) is 0 Å². The van der Waals surface area contributed by atoms with E-state index in [0.29, 0.717) is 18.7 Å². The molecule has 1 saturated heterocycles. The number of halogens is 3. The van der Waals surface area contributed by atoms with E-state index in [4.69, 9.17) is 0 Å². The minimum atomic E-state index is -4.43. The Bertz CT molecular complexity index is 1170. The van der Waals surface area contributed by atoms with Gasteiger partial charge in [-0.15, -0.1) is 0 Å². The van der Waals surface area contributed by atoms with E-state index < -0.39 is 17.3 Å². The van der Waals surface area contributed by atoms with Gasteiger partial charge in [-0.05, 0) is 24.1 Å². The summed E-state index contributed by atoms with van der Waals surface area (Å²) in [5.74, 6) is -0.158. The van der Waals surface area contributed by atoms with Crippen LogP contribution >= 0.6 is 0 Å². The fourth-order valence-corrected chi connectivity index (χ4v) is 3.93. The first-order chi connectivity index (χ1) is 16.3. The Morgan fingerprint density at radius 3 is 2.24 bits per heavy atom. The van der Waals surface area contributed by atoms with Crippen LogP contribution in [0.1, 0.15) is 11.1 Å². The summed E-state index contributed by atoms with van der Waals surface area (Å²) in [4.78, 5) is 33.4. The molecule has 0 atom stereocenters.